The Morgan fingerprint density at radius 1 is 1.39 bits per heavy atom. The van der Waals surface area contributed by atoms with Crippen LogP contribution >= 0.6 is 0 Å². The Morgan fingerprint density at radius 3 is 3.06 bits per heavy atom. The van der Waals surface area contributed by atoms with E-state index in [1.165, 1.54) is 11.1 Å². The van der Waals surface area contributed by atoms with Gasteiger partial charge in [0.05, 0.1) is 0 Å². The van der Waals surface area contributed by atoms with Crippen LogP contribution < -0.4 is 10.6 Å². The van der Waals surface area contributed by atoms with Gasteiger partial charge in [0.15, 0.2) is 0 Å². The van der Waals surface area contributed by atoms with Crippen molar-refractivity contribution >= 4 is 5.91 Å². The molecule has 1 aliphatic rings. The molecule has 4 heteroatoms. The van der Waals surface area contributed by atoms with Gasteiger partial charge in [0.2, 0.25) is 5.91 Å². The SMILES string of the molecule is CCCOCC(=O)NCc1ccc2c(c1)CNC2. The molecule has 1 amide bonds. The highest BCUT2D eigenvalue weighted by Gasteiger charge is 2.10. The number of rotatable bonds is 6. The summed E-state index contributed by atoms with van der Waals surface area (Å²) in [5.41, 5.74) is 3.83. The van der Waals surface area contributed by atoms with Crippen LogP contribution in [0.15, 0.2) is 18.2 Å². The van der Waals surface area contributed by atoms with Gasteiger partial charge in [-0.05, 0) is 23.1 Å². The summed E-state index contributed by atoms with van der Waals surface area (Å²) in [7, 11) is 0. The van der Waals surface area contributed by atoms with Crippen molar-refractivity contribution < 1.29 is 9.53 Å². The maximum atomic E-state index is 11.5. The van der Waals surface area contributed by atoms with Crippen molar-refractivity contribution in [1.29, 1.82) is 0 Å². The number of amides is 1. The molecule has 18 heavy (non-hydrogen) atoms. The van der Waals surface area contributed by atoms with Crippen molar-refractivity contribution in [1.82, 2.24) is 10.6 Å². The molecule has 0 bridgehead atoms. The second-order valence-corrected chi connectivity index (χ2v) is 4.54. The molecule has 0 saturated carbocycles. The molecule has 2 N–H and O–H groups in total. The maximum absolute atomic E-state index is 11.5. The molecule has 0 unspecified atom stereocenters. The Labute approximate surface area is 108 Å². The van der Waals surface area contributed by atoms with E-state index in [2.05, 4.69) is 28.8 Å². The van der Waals surface area contributed by atoms with Gasteiger partial charge in [-0.15, -0.1) is 0 Å². The van der Waals surface area contributed by atoms with Crippen LogP contribution in [0.3, 0.4) is 0 Å². The Morgan fingerprint density at radius 2 is 2.22 bits per heavy atom. The highest BCUT2D eigenvalue weighted by Crippen LogP contribution is 2.16. The third-order valence-electron chi connectivity index (χ3n) is 2.97. The molecule has 1 aromatic rings. The largest absolute Gasteiger partial charge is 0.372 e. The minimum atomic E-state index is -0.0536. The Bertz CT molecular complexity index is 418. The number of fused-ring (bicyclic) bond motifs is 1. The zero-order valence-corrected chi connectivity index (χ0v) is 10.8. The summed E-state index contributed by atoms with van der Waals surface area (Å²) < 4.78 is 5.18. The van der Waals surface area contributed by atoms with E-state index in [1.807, 2.05) is 6.92 Å². The quantitative estimate of drug-likeness (QED) is 0.747. The first-order valence-electron chi connectivity index (χ1n) is 6.45. The summed E-state index contributed by atoms with van der Waals surface area (Å²) in [6, 6.07) is 6.35. The van der Waals surface area contributed by atoms with Gasteiger partial charge in [0.1, 0.15) is 6.61 Å². The summed E-state index contributed by atoms with van der Waals surface area (Å²) in [5, 5.41) is 6.17. The lowest BCUT2D eigenvalue weighted by molar-refractivity contribution is -0.125. The molecule has 2 rings (SSSR count). The van der Waals surface area contributed by atoms with Crippen LogP contribution in [0.4, 0.5) is 0 Å². The minimum absolute atomic E-state index is 0.0536. The van der Waals surface area contributed by atoms with Gasteiger partial charge in [-0.2, -0.15) is 0 Å². The molecule has 0 aromatic heterocycles. The first kappa shape index (κ1) is 13.1. The lowest BCUT2D eigenvalue weighted by Gasteiger charge is -2.07. The fourth-order valence-electron chi connectivity index (χ4n) is 2.02. The van der Waals surface area contributed by atoms with Crippen LogP contribution in [-0.4, -0.2) is 19.1 Å². The lowest BCUT2D eigenvalue weighted by atomic mass is 10.1. The van der Waals surface area contributed by atoms with E-state index in [0.717, 1.165) is 25.1 Å². The van der Waals surface area contributed by atoms with Gasteiger partial charge in [0, 0.05) is 26.2 Å². The van der Waals surface area contributed by atoms with Gasteiger partial charge in [0.25, 0.3) is 0 Å². The standard InChI is InChI=1S/C14H20N2O2/c1-2-5-18-10-14(17)16-7-11-3-4-12-8-15-9-13(12)6-11/h3-4,6,15H,2,5,7-10H2,1H3,(H,16,17). The lowest BCUT2D eigenvalue weighted by Crippen LogP contribution is -2.27. The third-order valence-corrected chi connectivity index (χ3v) is 2.97. The van der Waals surface area contributed by atoms with Crippen molar-refractivity contribution in [3.05, 3.63) is 34.9 Å². The molecule has 0 aliphatic carbocycles. The monoisotopic (exact) mass is 248 g/mol. The smallest absolute Gasteiger partial charge is 0.246 e. The molecular weight excluding hydrogens is 228 g/mol. The van der Waals surface area contributed by atoms with E-state index in [9.17, 15) is 4.79 Å². The maximum Gasteiger partial charge on any atom is 0.246 e. The molecule has 0 radical (unpaired) electrons. The van der Waals surface area contributed by atoms with Crippen molar-refractivity contribution in [2.75, 3.05) is 13.2 Å². The van der Waals surface area contributed by atoms with E-state index >= 15 is 0 Å². The van der Waals surface area contributed by atoms with Crippen LogP contribution in [-0.2, 0) is 29.2 Å². The van der Waals surface area contributed by atoms with Crippen LogP contribution in [0.5, 0.6) is 0 Å². The van der Waals surface area contributed by atoms with Crippen molar-refractivity contribution in [2.45, 2.75) is 33.0 Å². The molecule has 4 nitrogen and oxygen atoms in total. The molecule has 0 fully saturated rings. The second kappa shape index (κ2) is 6.52. The van der Waals surface area contributed by atoms with E-state index in [-0.39, 0.29) is 12.5 Å². The highest BCUT2D eigenvalue weighted by molar-refractivity contribution is 5.77. The number of hydrogen-bond donors (Lipinski definition) is 2. The van der Waals surface area contributed by atoms with Gasteiger partial charge in [-0.1, -0.05) is 25.1 Å². The van der Waals surface area contributed by atoms with Gasteiger partial charge in [-0.3, -0.25) is 4.79 Å². The summed E-state index contributed by atoms with van der Waals surface area (Å²) in [4.78, 5) is 11.5. The van der Waals surface area contributed by atoms with E-state index < -0.39 is 0 Å². The summed E-state index contributed by atoms with van der Waals surface area (Å²) in [6.45, 7) is 5.26. The third kappa shape index (κ3) is 3.55. The van der Waals surface area contributed by atoms with Gasteiger partial charge in [-0.25, -0.2) is 0 Å². The molecule has 0 saturated heterocycles. The van der Waals surface area contributed by atoms with Crippen molar-refractivity contribution in [3.8, 4) is 0 Å². The molecule has 0 atom stereocenters. The first-order chi connectivity index (χ1) is 8.79. The van der Waals surface area contributed by atoms with Crippen molar-refractivity contribution in [2.24, 2.45) is 0 Å². The molecular formula is C14H20N2O2. The minimum Gasteiger partial charge on any atom is -0.372 e. The number of nitrogens with one attached hydrogen (secondary N) is 2. The average molecular weight is 248 g/mol. The van der Waals surface area contributed by atoms with Crippen LogP contribution in [0.2, 0.25) is 0 Å². The predicted octanol–water partition coefficient (Wildman–Crippen LogP) is 1.33. The van der Waals surface area contributed by atoms with Crippen molar-refractivity contribution in [3.63, 3.8) is 0 Å². The molecule has 1 aromatic carbocycles. The van der Waals surface area contributed by atoms with E-state index in [4.69, 9.17) is 4.74 Å². The fourth-order valence-corrected chi connectivity index (χ4v) is 2.02. The zero-order valence-electron chi connectivity index (χ0n) is 10.8. The number of carbonyl (C=O) groups excluding carboxylic acids is 1. The second-order valence-electron chi connectivity index (χ2n) is 4.54. The number of ether oxygens (including phenoxy) is 1. The summed E-state index contributed by atoms with van der Waals surface area (Å²) >= 11 is 0. The summed E-state index contributed by atoms with van der Waals surface area (Å²) in [6.07, 6.45) is 0.936. The van der Waals surface area contributed by atoms with Crippen LogP contribution in [0, 0.1) is 0 Å². The normalized spacial score (nSPS) is 13.4. The molecule has 1 heterocycles. The van der Waals surface area contributed by atoms with Gasteiger partial charge < -0.3 is 15.4 Å². The van der Waals surface area contributed by atoms with Crippen LogP contribution in [0.1, 0.15) is 30.0 Å². The van der Waals surface area contributed by atoms with E-state index in [1.54, 1.807) is 0 Å². The topological polar surface area (TPSA) is 50.4 Å². The van der Waals surface area contributed by atoms with Crippen LogP contribution in [0.25, 0.3) is 0 Å². The number of hydrogen-bond acceptors (Lipinski definition) is 3. The van der Waals surface area contributed by atoms with E-state index in [0.29, 0.717) is 13.2 Å². The molecule has 1 aliphatic heterocycles. The number of carbonyl (C=O) groups is 1. The highest BCUT2D eigenvalue weighted by atomic mass is 16.5. The molecule has 98 valence electrons. The Balaban J connectivity index is 1.78. The zero-order chi connectivity index (χ0) is 12.8. The average Bonchev–Trinajstić information content (AvgIpc) is 2.84. The summed E-state index contributed by atoms with van der Waals surface area (Å²) in [5.74, 6) is -0.0536. The van der Waals surface area contributed by atoms with Gasteiger partial charge >= 0.3 is 0 Å². The fraction of sp³-hybridized carbons (Fsp3) is 0.500. The molecule has 0 spiro atoms. The predicted molar refractivity (Wildman–Crippen MR) is 69.9 cm³/mol. The Hall–Kier alpha value is -1.39. The first-order valence-corrected chi connectivity index (χ1v) is 6.45. The number of benzene rings is 1. The Kier molecular flexibility index (Phi) is 4.73.